The number of hydrogen-bond acceptors (Lipinski definition) is 6. The highest BCUT2D eigenvalue weighted by atomic mass is 19.1. The number of β-amino-alcohol motifs (C(OH)–C–C–N with tert-alkyl or cyclic N) is 1. The van der Waals surface area contributed by atoms with Gasteiger partial charge in [-0.3, -0.25) is 4.79 Å². The zero-order valence-electron chi connectivity index (χ0n) is 11.8. The minimum absolute atomic E-state index is 0.0336. The van der Waals surface area contributed by atoms with Crippen molar-refractivity contribution in [2.75, 3.05) is 32.1 Å². The molecule has 1 aliphatic rings. The van der Waals surface area contributed by atoms with Crippen molar-refractivity contribution in [3.05, 3.63) is 35.3 Å². The van der Waals surface area contributed by atoms with Gasteiger partial charge in [-0.15, -0.1) is 0 Å². The van der Waals surface area contributed by atoms with Crippen LogP contribution in [0.25, 0.3) is 0 Å². The third-order valence-corrected chi connectivity index (χ3v) is 3.17. The first-order chi connectivity index (χ1) is 10.5. The Labute approximate surface area is 125 Å². The topological polar surface area (TPSA) is 99.1 Å². The maximum Gasteiger partial charge on any atom is 0.337 e. The summed E-state index contributed by atoms with van der Waals surface area (Å²) in [6.07, 6.45) is 0. The predicted octanol–water partition coefficient (Wildman–Crippen LogP) is 0.205. The minimum Gasteiger partial charge on any atom is -0.508 e. The molecular weight excluding hydrogens is 295 g/mol. The number of phenolic OH excluding ortho intramolecular Hbond substituents is 1. The molecule has 3 N–H and O–H groups in total. The Morgan fingerprint density at radius 3 is 2.82 bits per heavy atom. The molecule has 8 heteroatoms. The van der Waals surface area contributed by atoms with Crippen molar-refractivity contribution in [1.82, 2.24) is 4.90 Å². The molecule has 1 aromatic rings. The maximum absolute atomic E-state index is 13.8. The van der Waals surface area contributed by atoms with Gasteiger partial charge in [0.1, 0.15) is 17.3 Å². The Hall–Kier alpha value is -2.61. The lowest BCUT2D eigenvalue weighted by atomic mass is 10.2. The molecule has 0 unspecified atom stereocenters. The minimum atomic E-state index is -0.773. The summed E-state index contributed by atoms with van der Waals surface area (Å²) in [5.74, 6) is -2.28. The number of nitrogens with one attached hydrogen (secondary N) is 1. The second-order valence-electron chi connectivity index (χ2n) is 4.58. The average Bonchev–Trinajstić information content (AvgIpc) is 2.79. The number of methoxy groups -OCH3 is 1. The number of aliphatic hydroxyl groups is 1. The van der Waals surface area contributed by atoms with E-state index in [1.807, 2.05) is 0 Å². The summed E-state index contributed by atoms with van der Waals surface area (Å²) in [6.45, 7) is -0.252. The quantitative estimate of drug-likeness (QED) is 0.531. The second-order valence-corrected chi connectivity index (χ2v) is 4.58. The average molecular weight is 310 g/mol. The van der Waals surface area contributed by atoms with Crippen LogP contribution in [0.3, 0.4) is 0 Å². The number of phenols is 1. The smallest absolute Gasteiger partial charge is 0.337 e. The molecule has 7 nitrogen and oxygen atoms in total. The highest BCUT2D eigenvalue weighted by molar-refractivity contribution is 6.08. The highest BCUT2D eigenvalue weighted by Crippen LogP contribution is 2.25. The van der Waals surface area contributed by atoms with Crippen molar-refractivity contribution < 1.29 is 28.9 Å². The van der Waals surface area contributed by atoms with Crippen molar-refractivity contribution >= 4 is 17.6 Å². The number of amides is 1. The molecular formula is C14H15FN2O5. The number of hydrogen-bond donors (Lipinski definition) is 3. The molecule has 1 amide bonds. The van der Waals surface area contributed by atoms with Crippen LogP contribution >= 0.6 is 0 Å². The van der Waals surface area contributed by atoms with E-state index >= 15 is 0 Å². The van der Waals surface area contributed by atoms with Crippen molar-refractivity contribution in [1.29, 1.82) is 0 Å². The Morgan fingerprint density at radius 2 is 2.23 bits per heavy atom. The lowest BCUT2D eigenvalue weighted by Gasteiger charge is -2.15. The van der Waals surface area contributed by atoms with Crippen molar-refractivity contribution in [3.8, 4) is 5.75 Å². The molecule has 118 valence electrons. The maximum atomic E-state index is 13.8. The molecule has 2 rings (SSSR count). The number of aliphatic hydroxyl groups excluding tert-OH is 1. The number of carbonyl (C=O) groups is 2. The molecule has 0 aromatic heterocycles. The van der Waals surface area contributed by atoms with E-state index in [2.05, 4.69) is 10.1 Å². The Morgan fingerprint density at radius 1 is 1.50 bits per heavy atom. The Balaban J connectivity index is 2.34. The standard InChI is InChI=1S/C14H15FN2O5/c1-22-14(21)9-7-17(4-5-18)13(20)12(9)16-11-3-2-8(19)6-10(11)15/h2-3,6,16,18-19H,4-5,7H2,1H3. The van der Waals surface area contributed by atoms with Gasteiger partial charge in [-0.05, 0) is 12.1 Å². The van der Waals surface area contributed by atoms with E-state index in [0.717, 1.165) is 6.07 Å². The molecule has 1 heterocycles. The Kier molecular flexibility index (Phi) is 4.62. The van der Waals surface area contributed by atoms with Gasteiger partial charge in [0.15, 0.2) is 0 Å². The normalized spacial score (nSPS) is 14.5. The molecule has 0 radical (unpaired) electrons. The molecule has 0 atom stereocenters. The number of esters is 1. The van der Waals surface area contributed by atoms with E-state index in [1.54, 1.807) is 0 Å². The van der Waals surface area contributed by atoms with Gasteiger partial charge in [0, 0.05) is 12.6 Å². The van der Waals surface area contributed by atoms with Gasteiger partial charge in [0.25, 0.3) is 5.91 Å². The van der Waals surface area contributed by atoms with E-state index in [1.165, 1.54) is 24.1 Å². The first-order valence-corrected chi connectivity index (χ1v) is 6.45. The second kappa shape index (κ2) is 6.44. The van der Waals surface area contributed by atoms with Gasteiger partial charge in [-0.1, -0.05) is 0 Å². The van der Waals surface area contributed by atoms with Gasteiger partial charge in [-0.2, -0.15) is 0 Å². The third-order valence-electron chi connectivity index (χ3n) is 3.17. The molecule has 1 aromatic carbocycles. The summed E-state index contributed by atoms with van der Waals surface area (Å²) in [5, 5.41) is 20.7. The number of carbonyl (C=O) groups excluding carboxylic acids is 2. The van der Waals surface area contributed by atoms with Gasteiger partial charge in [-0.25, -0.2) is 9.18 Å². The Bertz CT molecular complexity index is 644. The molecule has 0 bridgehead atoms. The number of aromatic hydroxyl groups is 1. The van der Waals surface area contributed by atoms with E-state index in [9.17, 15) is 19.1 Å². The zero-order valence-corrected chi connectivity index (χ0v) is 11.8. The van der Waals surface area contributed by atoms with Gasteiger partial charge in [0.2, 0.25) is 0 Å². The molecule has 0 spiro atoms. The number of halogens is 1. The van der Waals surface area contributed by atoms with Gasteiger partial charge >= 0.3 is 5.97 Å². The fourth-order valence-electron chi connectivity index (χ4n) is 2.09. The number of rotatable bonds is 5. The lowest BCUT2D eigenvalue weighted by Crippen LogP contribution is -2.31. The zero-order chi connectivity index (χ0) is 16.3. The van der Waals surface area contributed by atoms with Crippen LogP contribution in [0.15, 0.2) is 29.5 Å². The van der Waals surface area contributed by atoms with Gasteiger partial charge in [0.05, 0.1) is 31.5 Å². The van der Waals surface area contributed by atoms with Gasteiger partial charge < -0.3 is 25.2 Å². The molecule has 22 heavy (non-hydrogen) atoms. The summed E-state index contributed by atoms with van der Waals surface area (Å²) in [7, 11) is 1.17. The fraction of sp³-hybridized carbons (Fsp3) is 0.286. The molecule has 0 saturated heterocycles. The summed E-state index contributed by atoms with van der Waals surface area (Å²) >= 11 is 0. The molecule has 1 aliphatic heterocycles. The van der Waals surface area contributed by atoms with Crippen molar-refractivity contribution in [2.45, 2.75) is 0 Å². The first kappa shape index (κ1) is 15.8. The summed E-state index contributed by atoms with van der Waals surface area (Å²) in [4.78, 5) is 25.2. The number of ether oxygens (including phenoxy) is 1. The van der Waals surface area contributed by atoms with Crippen LogP contribution < -0.4 is 5.32 Å². The number of nitrogens with zero attached hydrogens (tertiary/aromatic N) is 1. The van der Waals surface area contributed by atoms with E-state index in [0.29, 0.717) is 0 Å². The fourth-order valence-corrected chi connectivity index (χ4v) is 2.09. The van der Waals surface area contributed by atoms with Crippen molar-refractivity contribution in [2.24, 2.45) is 0 Å². The van der Waals surface area contributed by atoms with Crippen LogP contribution in [0.5, 0.6) is 5.75 Å². The van der Waals surface area contributed by atoms with Crippen LogP contribution in [0.1, 0.15) is 0 Å². The third kappa shape index (κ3) is 3.01. The largest absolute Gasteiger partial charge is 0.508 e. The monoisotopic (exact) mass is 310 g/mol. The highest BCUT2D eigenvalue weighted by Gasteiger charge is 2.34. The van der Waals surface area contributed by atoms with E-state index in [-0.39, 0.29) is 42.4 Å². The predicted molar refractivity (Wildman–Crippen MR) is 74.4 cm³/mol. The number of anilines is 1. The summed E-state index contributed by atoms with van der Waals surface area (Å²) in [6, 6.07) is 3.37. The van der Waals surface area contributed by atoms with Crippen molar-refractivity contribution in [3.63, 3.8) is 0 Å². The van der Waals surface area contributed by atoms with Crippen LogP contribution in [0.2, 0.25) is 0 Å². The van der Waals surface area contributed by atoms with E-state index < -0.39 is 17.7 Å². The summed E-state index contributed by atoms with van der Waals surface area (Å²) in [5.41, 5.74) is -0.119. The van der Waals surface area contributed by atoms with Crippen LogP contribution in [0, 0.1) is 5.82 Å². The number of benzene rings is 1. The molecule has 0 aliphatic carbocycles. The lowest BCUT2D eigenvalue weighted by molar-refractivity contribution is -0.136. The SMILES string of the molecule is COC(=O)C1=C(Nc2ccc(O)cc2F)C(=O)N(CCO)C1. The van der Waals surface area contributed by atoms with E-state index in [4.69, 9.17) is 5.11 Å². The van der Waals surface area contributed by atoms with Crippen LogP contribution in [0.4, 0.5) is 10.1 Å². The van der Waals surface area contributed by atoms with Crippen LogP contribution in [-0.2, 0) is 14.3 Å². The molecule has 0 fully saturated rings. The van der Waals surface area contributed by atoms with Crippen LogP contribution in [-0.4, -0.2) is 53.8 Å². The summed E-state index contributed by atoms with van der Waals surface area (Å²) < 4.78 is 18.4. The first-order valence-electron chi connectivity index (χ1n) is 6.45. The molecule has 0 saturated carbocycles.